The molecule has 1 aromatic rings. The molecule has 2 N–H and O–H groups in total. The molecule has 0 bridgehead atoms. The largest absolute Gasteiger partial charge is 0.469 e. The van der Waals surface area contributed by atoms with Crippen LogP contribution in [0, 0.1) is 6.92 Å². The first-order valence-electron chi connectivity index (χ1n) is 8.39. The molecule has 0 radical (unpaired) electrons. The second-order valence-corrected chi connectivity index (χ2v) is 6.12. The summed E-state index contributed by atoms with van der Waals surface area (Å²) in [5, 5.41) is 2.89. The number of allylic oxidation sites excluding steroid dienone is 1. The first-order valence-corrected chi connectivity index (χ1v) is 8.39. The van der Waals surface area contributed by atoms with E-state index in [4.69, 9.17) is 0 Å². The molecule has 2 rings (SSSR count). The maximum atomic E-state index is 12.0. The summed E-state index contributed by atoms with van der Waals surface area (Å²) in [5.74, 6) is -0.398. The molecule has 134 valence electrons. The van der Waals surface area contributed by atoms with Crippen LogP contribution in [0.1, 0.15) is 60.4 Å². The summed E-state index contributed by atoms with van der Waals surface area (Å²) >= 11 is 0. The Morgan fingerprint density at radius 2 is 1.92 bits per heavy atom. The highest BCUT2D eigenvalue weighted by Gasteiger charge is 2.24. The van der Waals surface area contributed by atoms with Crippen molar-refractivity contribution in [3.8, 4) is 0 Å². The average Bonchev–Trinajstić information content (AvgIpc) is 3.04. The van der Waals surface area contributed by atoms with Crippen LogP contribution in [0.4, 0.5) is 0 Å². The van der Waals surface area contributed by atoms with Gasteiger partial charge in [-0.05, 0) is 49.5 Å². The lowest BCUT2D eigenvalue weighted by Gasteiger charge is -2.05. The first kappa shape index (κ1) is 18.7. The van der Waals surface area contributed by atoms with Crippen LogP contribution in [0.3, 0.4) is 0 Å². The number of ether oxygens (including phenoxy) is 1. The Morgan fingerprint density at radius 1 is 1.20 bits per heavy atom. The van der Waals surface area contributed by atoms with Crippen LogP contribution in [0.25, 0.3) is 6.08 Å². The number of hydrogen-bond acceptors (Lipinski definition) is 4. The lowest BCUT2D eigenvalue weighted by Crippen LogP contribution is -2.15. The van der Waals surface area contributed by atoms with Crippen LogP contribution in [0.5, 0.6) is 0 Å². The number of aromatic nitrogens is 1. The van der Waals surface area contributed by atoms with Crippen molar-refractivity contribution in [1.82, 2.24) is 10.3 Å². The fourth-order valence-corrected chi connectivity index (χ4v) is 3.05. The van der Waals surface area contributed by atoms with Gasteiger partial charge in [-0.3, -0.25) is 14.4 Å². The van der Waals surface area contributed by atoms with Gasteiger partial charge >= 0.3 is 5.97 Å². The molecule has 2 heterocycles. The number of nitrogens with one attached hydrogen (secondary N) is 2. The van der Waals surface area contributed by atoms with Gasteiger partial charge in [0.25, 0.3) is 5.91 Å². The minimum atomic E-state index is -0.316. The van der Waals surface area contributed by atoms with Gasteiger partial charge in [-0.15, -0.1) is 0 Å². The molecule has 0 atom stereocenters. The second-order valence-electron chi connectivity index (χ2n) is 6.12. The van der Waals surface area contributed by atoms with E-state index < -0.39 is 0 Å². The van der Waals surface area contributed by atoms with Gasteiger partial charge in [-0.25, -0.2) is 0 Å². The van der Waals surface area contributed by atoms with E-state index in [0.29, 0.717) is 12.1 Å². The van der Waals surface area contributed by atoms with Crippen LogP contribution in [0.2, 0.25) is 0 Å². The molecule has 0 aromatic carbocycles. The quantitative estimate of drug-likeness (QED) is 0.588. The number of rotatable bonds is 7. The van der Waals surface area contributed by atoms with Crippen molar-refractivity contribution < 1.29 is 19.1 Å². The van der Waals surface area contributed by atoms with Gasteiger partial charge in [0, 0.05) is 23.4 Å². The van der Waals surface area contributed by atoms with E-state index in [-0.39, 0.29) is 18.3 Å². The van der Waals surface area contributed by atoms with Gasteiger partial charge in [-0.2, -0.15) is 0 Å². The molecular weight excluding hydrogens is 320 g/mol. The number of esters is 1. The summed E-state index contributed by atoms with van der Waals surface area (Å²) in [6.07, 6.45) is 5.00. The third-order valence-electron chi connectivity index (χ3n) is 4.53. The van der Waals surface area contributed by atoms with Gasteiger partial charge in [0.1, 0.15) is 0 Å². The van der Waals surface area contributed by atoms with Crippen molar-refractivity contribution in [2.75, 3.05) is 7.11 Å². The molecule has 0 spiro atoms. The van der Waals surface area contributed by atoms with Crippen molar-refractivity contribution in [2.45, 2.75) is 46.5 Å². The zero-order chi connectivity index (χ0) is 18.6. The van der Waals surface area contributed by atoms with Gasteiger partial charge in [0.2, 0.25) is 0 Å². The Labute approximate surface area is 147 Å². The van der Waals surface area contributed by atoms with Crippen molar-refractivity contribution in [2.24, 2.45) is 0 Å². The molecule has 6 heteroatoms. The van der Waals surface area contributed by atoms with Gasteiger partial charge < -0.3 is 15.0 Å². The summed E-state index contributed by atoms with van der Waals surface area (Å²) in [4.78, 5) is 37.8. The number of aromatic amines is 1. The van der Waals surface area contributed by atoms with Crippen molar-refractivity contribution >= 4 is 24.2 Å². The predicted octanol–water partition coefficient (Wildman–Crippen LogP) is 2.83. The Morgan fingerprint density at radius 3 is 2.52 bits per heavy atom. The summed E-state index contributed by atoms with van der Waals surface area (Å²) in [5.41, 5.74) is 5.42. The van der Waals surface area contributed by atoms with E-state index in [0.717, 1.165) is 52.8 Å². The zero-order valence-electron chi connectivity index (χ0n) is 15.1. The van der Waals surface area contributed by atoms with E-state index in [9.17, 15) is 14.4 Å². The van der Waals surface area contributed by atoms with Gasteiger partial charge in [0.05, 0.1) is 12.8 Å². The molecule has 1 amide bonds. The smallest absolute Gasteiger partial charge is 0.305 e. The third kappa shape index (κ3) is 3.90. The van der Waals surface area contributed by atoms with E-state index in [1.54, 1.807) is 0 Å². The zero-order valence-corrected chi connectivity index (χ0v) is 15.1. The SMILES string of the molecule is CCCC1=C(C)C(=O)N/C1=C\c1[nH]c(C=O)c(CCC(=O)OC)c1C. The summed E-state index contributed by atoms with van der Waals surface area (Å²) in [7, 11) is 1.34. The normalized spacial score (nSPS) is 15.7. The molecule has 6 nitrogen and oxygen atoms in total. The molecular formula is C19H24N2O4. The highest BCUT2D eigenvalue weighted by Crippen LogP contribution is 2.28. The fourth-order valence-electron chi connectivity index (χ4n) is 3.05. The number of carbonyl (C=O) groups is 3. The van der Waals surface area contributed by atoms with Crippen LogP contribution in [-0.2, 0) is 20.7 Å². The lowest BCUT2D eigenvalue weighted by atomic mass is 10.0. The Kier molecular flexibility index (Phi) is 5.96. The first-order chi connectivity index (χ1) is 11.9. The minimum Gasteiger partial charge on any atom is -0.469 e. The monoisotopic (exact) mass is 344 g/mol. The van der Waals surface area contributed by atoms with E-state index >= 15 is 0 Å². The minimum absolute atomic E-state index is 0.0829. The van der Waals surface area contributed by atoms with E-state index in [1.165, 1.54) is 7.11 Å². The molecule has 25 heavy (non-hydrogen) atoms. The molecule has 1 aliphatic rings. The lowest BCUT2D eigenvalue weighted by molar-refractivity contribution is -0.140. The van der Waals surface area contributed by atoms with Gasteiger partial charge in [-0.1, -0.05) is 13.3 Å². The standard InChI is InChI=1S/C19H24N2O4/c1-5-6-13-12(3)19(24)21-16(13)9-15-11(2)14(17(10-22)20-15)7-8-18(23)25-4/h9-10,20H,5-8H2,1-4H3,(H,21,24)/b16-9-. The van der Waals surface area contributed by atoms with Crippen molar-refractivity contribution in [1.29, 1.82) is 0 Å². The molecule has 0 fully saturated rings. The maximum Gasteiger partial charge on any atom is 0.305 e. The van der Waals surface area contributed by atoms with Gasteiger partial charge in [0.15, 0.2) is 6.29 Å². The van der Waals surface area contributed by atoms with Crippen molar-refractivity contribution in [3.05, 3.63) is 39.4 Å². The average molecular weight is 344 g/mol. The highest BCUT2D eigenvalue weighted by atomic mass is 16.5. The summed E-state index contributed by atoms with van der Waals surface area (Å²) in [6.45, 7) is 5.78. The van der Waals surface area contributed by atoms with E-state index in [2.05, 4.69) is 22.0 Å². The number of carbonyl (C=O) groups excluding carboxylic acids is 3. The topological polar surface area (TPSA) is 88.3 Å². The summed E-state index contributed by atoms with van der Waals surface area (Å²) in [6, 6.07) is 0. The Bertz CT molecular complexity index is 769. The number of H-pyrrole nitrogens is 1. The third-order valence-corrected chi connectivity index (χ3v) is 4.53. The Balaban J connectivity index is 2.37. The summed E-state index contributed by atoms with van der Waals surface area (Å²) < 4.78 is 4.66. The van der Waals surface area contributed by atoms with Crippen LogP contribution >= 0.6 is 0 Å². The Hall–Kier alpha value is -2.63. The highest BCUT2D eigenvalue weighted by molar-refractivity contribution is 6.01. The predicted molar refractivity (Wildman–Crippen MR) is 95.0 cm³/mol. The van der Waals surface area contributed by atoms with Crippen molar-refractivity contribution in [3.63, 3.8) is 0 Å². The van der Waals surface area contributed by atoms with Crippen LogP contribution in [-0.4, -0.2) is 30.3 Å². The number of hydrogen-bond donors (Lipinski definition) is 2. The molecule has 1 aliphatic heterocycles. The molecule has 0 saturated heterocycles. The van der Waals surface area contributed by atoms with E-state index in [1.807, 2.05) is 19.9 Å². The second kappa shape index (κ2) is 7.96. The number of amides is 1. The maximum absolute atomic E-state index is 12.0. The fraction of sp³-hybridized carbons (Fsp3) is 0.421. The molecule has 0 unspecified atom stereocenters. The number of aldehydes is 1. The van der Waals surface area contributed by atoms with Crippen LogP contribution < -0.4 is 5.32 Å². The molecule has 0 saturated carbocycles. The van der Waals surface area contributed by atoms with Crippen LogP contribution in [0.15, 0.2) is 16.8 Å². The molecule has 0 aliphatic carbocycles. The molecule has 1 aromatic heterocycles. The number of methoxy groups -OCH3 is 1.